The minimum Gasteiger partial charge on any atom is -0.461 e. The standard InChI is InChI=1S/C22H22ClN7O2/c1-2-8-24-22(31)29-10-4-9-28(11-12-29)21-25-17-14-15(23)6-7-16(17)19-26-27-20(30(19)21)18-5-3-13-32-18/h2-3,5-7,13-14H,1,4,8-12H2,(H,24,31). The molecule has 0 saturated carbocycles. The van der Waals surface area contributed by atoms with E-state index in [4.69, 9.17) is 21.0 Å². The maximum atomic E-state index is 12.4. The quantitative estimate of drug-likeness (QED) is 0.477. The highest BCUT2D eigenvalue weighted by Crippen LogP contribution is 2.30. The van der Waals surface area contributed by atoms with Crippen molar-refractivity contribution in [1.82, 2.24) is 29.8 Å². The summed E-state index contributed by atoms with van der Waals surface area (Å²) in [4.78, 5) is 21.3. The van der Waals surface area contributed by atoms with Gasteiger partial charge in [-0.15, -0.1) is 16.8 Å². The molecule has 2 amide bonds. The first-order valence-corrected chi connectivity index (χ1v) is 10.8. The minimum absolute atomic E-state index is 0.0873. The monoisotopic (exact) mass is 451 g/mol. The lowest BCUT2D eigenvalue weighted by Crippen LogP contribution is -2.42. The van der Waals surface area contributed by atoms with Crippen molar-refractivity contribution in [2.75, 3.05) is 37.6 Å². The molecule has 9 nitrogen and oxygen atoms in total. The third-order valence-electron chi connectivity index (χ3n) is 5.49. The zero-order chi connectivity index (χ0) is 22.1. The molecule has 32 heavy (non-hydrogen) atoms. The van der Waals surface area contributed by atoms with Gasteiger partial charge in [0.15, 0.2) is 11.4 Å². The average Bonchev–Trinajstić information content (AvgIpc) is 3.41. The van der Waals surface area contributed by atoms with Crippen LogP contribution in [0.5, 0.6) is 0 Å². The molecule has 0 atom stereocenters. The van der Waals surface area contributed by atoms with E-state index in [2.05, 4.69) is 27.0 Å². The van der Waals surface area contributed by atoms with Crippen LogP contribution in [0.15, 0.2) is 53.7 Å². The number of amides is 2. The van der Waals surface area contributed by atoms with E-state index >= 15 is 0 Å². The highest BCUT2D eigenvalue weighted by Gasteiger charge is 2.25. The second-order valence-electron chi connectivity index (χ2n) is 7.54. The van der Waals surface area contributed by atoms with Gasteiger partial charge in [-0.3, -0.25) is 0 Å². The van der Waals surface area contributed by atoms with E-state index in [0.29, 0.717) is 54.4 Å². The summed E-state index contributed by atoms with van der Waals surface area (Å²) in [6.07, 6.45) is 4.08. The first-order chi connectivity index (χ1) is 15.7. The molecule has 1 N–H and O–H groups in total. The topological polar surface area (TPSA) is 91.8 Å². The summed E-state index contributed by atoms with van der Waals surface area (Å²) in [6.45, 7) is 6.67. The Bertz CT molecular complexity index is 1280. The highest BCUT2D eigenvalue weighted by atomic mass is 35.5. The summed E-state index contributed by atoms with van der Waals surface area (Å²) in [5, 5.41) is 13.2. The third kappa shape index (κ3) is 3.64. The molecule has 4 aromatic rings. The van der Waals surface area contributed by atoms with E-state index in [9.17, 15) is 4.79 Å². The molecule has 4 heterocycles. The number of carbonyl (C=O) groups excluding carboxylic acids is 1. The number of benzene rings is 1. The predicted molar refractivity (Wildman–Crippen MR) is 123 cm³/mol. The Morgan fingerprint density at radius 2 is 2.12 bits per heavy atom. The van der Waals surface area contributed by atoms with E-state index in [0.717, 1.165) is 23.9 Å². The van der Waals surface area contributed by atoms with Gasteiger partial charge in [-0.2, -0.15) is 0 Å². The lowest BCUT2D eigenvalue weighted by Gasteiger charge is -2.24. The number of hydrogen-bond acceptors (Lipinski definition) is 6. The molecule has 1 saturated heterocycles. The van der Waals surface area contributed by atoms with E-state index in [1.165, 1.54) is 0 Å². The fourth-order valence-corrected chi connectivity index (χ4v) is 4.13. The molecule has 1 aromatic carbocycles. The van der Waals surface area contributed by atoms with Crippen LogP contribution in [0.4, 0.5) is 10.7 Å². The second-order valence-corrected chi connectivity index (χ2v) is 7.97. The molecule has 0 aliphatic carbocycles. The number of rotatable bonds is 4. The molecule has 0 bridgehead atoms. The molecule has 5 rings (SSSR count). The Morgan fingerprint density at radius 1 is 1.22 bits per heavy atom. The maximum Gasteiger partial charge on any atom is 0.317 e. The van der Waals surface area contributed by atoms with Gasteiger partial charge < -0.3 is 19.5 Å². The fourth-order valence-electron chi connectivity index (χ4n) is 3.96. The smallest absolute Gasteiger partial charge is 0.317 e. The number of carbonyl (C=O) groups is 1. The van der Waals surface area contributed by atoms with Crippen molar-refractivity contribution in [3.63, 3.8) is 0 Å². The summed E-state index contributed by atoms with van der Waals surface area (Å²) in [5.41, 5.74) is 1.42. The van der Waals surface area contributed by atoms with E-state index in [1.54, 1.807) is 12.3 Å². The molecule has 1 aliphatic rings. The first-order valence-electron chi connectivity index (χ1n) is 10.4. The van der Waals surface area contributed by atoms with Crippen molar-refractivity contribution >= 4 is 40.1 Å². The molecular weight excluding hydrogens is 430 g/mol. The van der Waals surface area contributed by atoms with Crippen molar-refractivity contribution in [3.8, 4) is 11.6 Å². The molecule has 1 aliphatic heterocycles. The Morgan fingerprint density at radius 3 is 2.94 bits per heavy atom. The second kappa shape index (κ2) is 8.51. The lowest BCUT2D eigenvalue weighted by molar-refractivity contribution is 0.202. The number of fused-ring (bicyclic) bond motifs is 3. The molecule has 164 valence electrons. The molecule has 0 unspecified atom stereocenters. The van der Waals surface area contributed by atoms with Crippen molar-refractivity contribution in [1.29, 1.82) is 0 Å². The molecule has 0 radical (unpaired) electrons. The Labute approximate surface area is 189 Å². The van der Waals surface area contributed by atoms with Crippen molar-refractivity contribution < 1.29 is 9.21 Å². The van der Waals surface area contributed by atoms with Gasteiger partial charge >= 0.3 is 6.03 Å². The van der Waals surface area contributed by atoms with Crippen molar-refractivity contribution in [2.24, 2.45) is 0 Å². The van der Waals surface area contributed by atoms with Crippen LogP contribution in [-0.2, 0) is 0 Å². The summed E-state index contributed by atoms with van der Waals surface area (Å²) in [6, 6.07) is 9.12. The minimum atomic E-state index is -0.0873. The average molecular weight is 452 g/mol. The molecule has 3 aromatic heterocycles. The zero-order valence-corrected chi connectivity index (χ0v) is 18.1. The maximum absolute atomic E-state index is 12.4. The predicted octanol–water partition coefficient (Wildman–Crippen LogP) is 3.60. The van der Waals surface area contributed by atoms with Crippen LogP contribution in [0.2, 0.25) is 5.02 Å². The van der Waals surface area contributed by atoms with Crippen LogP contribution in [0.1, 0.15) is 6.42 Å². The van der Waals surface area contributed by atoms with Crippen LogP contribution < -0.4 is 10.2 Å². The summed E-state index contributed by atoms with van der Waals surface area (Å²) in [7, 11) is 0. The van der Waals surface area contributed by atoms with Crippen LogP contribution in [0, 0.1) is 0 Å². The summed E-state index contributed by atoms with van der Waals surface area (Å²) >= 11 is 6.25. The van der Waals surface area contributed by atoms with E-state index in [-0.39, 0.29) is 6.03 Å². The lowest BCUT2D eigenvalue weighted by atomic mass is 10.2. The van der Waals surface area contributed by atoms with Crippen LogP contribution >= 0.6 is 11.6 Å². The van der Waals surface area contributed by atoms with Gasteiger partial charge in [-0.05, 0) is 36.8 Å². The number of aromatic nitrogens is 4. The number of hydrogen-bond donors (Lipinski definition) is 1. The van der Waals surface area contributed by atoms with Crippen LogP contribution in [0.25, 0.3) is 28.1 Å². The summed E-state index contributed by atoms with van der Waals surface area (Å²) in [5.74, 6) is 1.88. The Balaban J connectivity index is 1.58. The normalized spacial score (nSPS) is 14.7. The Kier molecular flexibility index (Phi) is 5.40. The fraction of sp³-hybridized carbons (Fsp3) is 0.273. The van der Waals surface area contributed by atoms with Crippen molar-refractivity contribution in [3.05, 3.63) is 54.3 Å². The van der Waals surface area contributed by atoms with Gasteiger partial charge in [0, 0.05) is 43.1 Å². The van der Waals surface area contributed by atoms with Crippen molar-refractivity contribution in [2.45, 2.75) is 6.42 Å². The molecule has 0 spiro atoms. The van der Waals surface area contributed by atoms with Crippen LogP contribution in [-0.4, -0.2) is 63.2 Å². The summed E-state index contributed by atoms with van der Waals surface area (Å²) < 4.78 is 7.53. The van der Waals surface area contributed by atoms with Gasteiger partial charge in [0.25, 0.3) is 0 Å². The number of halogens is 1. The largest absolute Gasteiger partial charge is 0.461 e. The van der Waals surface area contributed by atoms with Gasteiger partial charge in [-0.25, -0.2) is 14.2 Å². The van der Waals surface area contributed by atoms with E-state index in [1.807, 2.05) is 39.6 Å². The van der Waals surface area contributed by atoms with Gasteiger partial charge in [0.1, 0.15) is 0 Å². The number of nitrogens with zero attached hydrogens (tertiary/aromatic N) is 6. The molecule has 10 heteroatoms. The van der Waals surface area contributed by atoms with E-state index < -0.39 is 0 Å². The SMILES string of the molecule is C=CCNC(=O)N1CCCN(c2nc3cc(Cl)ccc3c3nnc(-c4ccco4)n23)CC1. The number of furan rings is 1. The molecule has 1 fully saturated rings. The van der Waals surface area contributed by atoms with Crippen LogP contribution in [0.3, 0.4) is 0 Å². The van der Waals surface area contributed by atoms with Gasteiger partial charge in [0.2, 0.25) is 11.8 Å². The Hall–Kier alpha value is -3.59. The number of nitrogens with one attached hydrogen (secondary N) is 1. The zero-order valence-electron chi connectivity index (χ0n) is 17.4. The highest BCUT2D eigenvalue weighted by molar-refractivity contribution is 6.31. The van der Waals surface area contributed by atoms with Gasteiger partial charge in [-0.1, -0.05) is 17.7 Å². The molecular formula is C22H22ClN7O2. The third-order valence-corrected chi connectivity index (χ3v) is 5.72. The van der Waals surface area contributed by atoms with Gasteiger partial charge in [0.05, 0.1) is 11.8 Å². The first kappa shape index (κ1) is 20.3. The number of urea groups is 1. The number of anilines is 1.